The van der Waals surface area contributed by atoms with Crippen LogP contribution in [0.5, 0.6) is 0 Å². The Labute approximate surface area is 238 Å². The molecule has 0 bridgehead atoms. The number of carbonyl (C=O) groups excluding carboxylic acids is 2. The average molecular weight is 551 g/mol. The van der Waals surface area contributed by atoms with Gasteiger partial charge in [0.2, 0.25) is 17.3 Å². The molecule has 0 radical (unpaired) electrons. The molecule has 0 spiro atoms. The Bertz CT molecular complexity index is 1250. The van der Waals surface area contributed by atoms with Gasteiger partial charge in [-0.3, -0.25) is 9.59 Å². The Balaban J connectivity index is 1.99. The monoisotopic (exact) mass is 550 g/mol. The lowest BCUT2D eigenvalue weighted by atomic mass is 9.95. The Morgan fingerprint density at radius 3 is 1.70 bits per heavy atom. The number of aliphatic hydroxyl groups excluding tert-OH is 3. The molecule has 3 N–H and O–H groups in total. The molecule has 7 heteroatoms. The van der Waals surface area contributed by atoms with E-state index in [1.54, 1.807) is 24.3 Å². The molecule has 0 amide bonds. The molecule has 0 saturated heterocycles. The van der Waals surface area contributed by atoms with Crippen molar-refractivity contribution < 1.29 is 34.1 Å². The maximum Gasteiger partial charge on any atom is 0.238 e. The van der Waals surface area contributed by atoms with Crippen molar-refractivity contribution in [3.63, 3.8) is 0 Å². The Hall–Kier alpha value is -3.48. The van der Waals surface area contributed by atoms with E-state index in [0.29, 0.717) is 6.42 Å². The Kier molecular flexibility index (Phi) is 11.5. The zero-order valence-corrected chi connectivity index (χ0v) is 24.6. The maximum atomic E-state index is 13.1. The van der Waals surface area contributed by atoms with Gasteiger partial charge < -0.3 is 15.3 Å². The van der Waals surface area contributed by atoms with E-state index in [1.165, 1.54) is 0 Å². The fourth-order valence-corrected chi connectivity index (χ4v) is 5.22. The highest BCUT2D eigenvalue weighted by Crippen LogP contribution is 2.37. The summed E-state index contributed by atoms with van der Waals surface area (Å²) in [6, 6.07) is 0. The van der Waals surface area contributed by atoms with Crippen LogP contribution in [-0.2, 0) is 9.59 Å². The van der Waals surface area contributed by atoms with Crippen LogP contribution in [0.25, 0.3) is 0 Å². The second kappa shape index (κ2) is 14.8. The predicted octanol–water partition coefficient (Wildman–Crippen LogP) is 6.14. The first-order valence-electron chi connectivity index (χ1n) is 15.0. The van der Waals surface area contributed by atoms with Crippen LogP contribution in [0, 0.1) is 0 Å². The fourth-order valence-electron chi connectivity index (χ4n) is 5.22. The molecular formula is C33H46N2O5+2. The van der Waals surface area contributed by atoms with Gasteiger partial charge in [0, 0.05) is 49.0 Å². The van der Waals surface area contributed by atoms with Crippen molar-refractivity contribution in [1.82, 2.24) is 0 Å². The van der Waals surface area contributed by atoms with E-state index in [2.05, 4.69) is 36.8 Å². The van der Waals surface area contributed by atoms with E-state index in [4.69, 9.17) is 0 Å². The number of allylic oxidation sites excluding steroid dienone is 7. The smallest absolute Gasteiger partial charge is 0.238 e. The number of unbranched alkanes of at least 4 members (excludes halogenated alkanes) is 4. The molecule has 0 aliphatic heterocycles. The second-order valence-corrected chi connectivity index (χ2v) is 10.7. The number of hydrogen-bond acceptors (Lipinski definition) is 5. The molecule has 0 saturated carbocycles. The molecule has 0 fully saturated rings. The Morgan fingerprint density at radius 1 is 0.675 bits per heavy atom. The summed E-state index contributed by atoms with van der Waals surface area (Å²) in [6.45, 7) is 12.0. The molecule has 0 aromatic carbocycles. The van der Waals surface area contributed by atoms with Crippen LogP contribution in [0.3, 0.4) is 0 Å². The highest BCUT2D eigenvalue weighted by atomic mass is 16.3. The summed E-state index contributed by atoms with van der Waals surface area (Å²) in [7, 11) is 0. The number of aliphatic hydroxyl groups is 3. The van der Waals surface area contributed by atoms with Gasteiger partial charge in [-0.05, 0) is 6.08 Å². The van der Waals surface area contributed by atoms with Gasteiger partial charge in [0.05, 0.1) is 23.6 Å². The summed E-state index contributed by atoms with van der Waals surface area (Å²) in [4.78, 5) is 26.2. The standard InChI is InChI=1S/C33H44N2O5/c1-5-9-17-34(18-10-6-2)23-13-15-25(27(36)21-23)29-31(38)30(33(40)32(29)39)26-16-14-24(22-28(26)37)35(19-11-7-3)20-12-8-4/h13,15-16,21-22H,5-12,14,17-20H2,1-4H3,(H,38,40)/p+2. The number of carbonyl (C=O) groups is 2. The van der Waals surface area contributed by atoms with Gasteiger partial charge in [-0.2, -0.15) is 0 Å². The lowest BCUT2D eigenvalue weighted by molar-refractivity contribution is -0.529. The van der Waals surface area contributed by atoms with Crippen LogP contribution >= 0.6 is 0 Å². The van der Waals surface area contributed by atoms with Crippen molar-refractivity contribution in [2.75, 3.05) is 26.2 Å². The molecule has 7 nitrogen and oxygen atoms in total. The molecule has 0 aromatic heterocycles. The van der Waals surface area contributed by atoms with Crippen LogP contribution < -0.4 is 0 Å². The number of nitrogens with zero attached hydrogens (tertiary/aromatic N) is 2. The van der Waals surface area contributed by atoms with Crippen molar-refractivity contribution in [3.05, 3.63) is 70.0 Å². The van der Waals surface area contributed by atoms with Gasteiger partial charge in [-0.1, -0.05) is 59.5 Å². The third-order valence-corrected chi connectivity index (χ3v) is 7.65. The van der Waals surface area contributed by atoms with E-state index >= 15 is 0 Å². The quantitative estimate of drug-likeness (QED) is 0.145. The van der Waals surface area contributed by atoms with Crippen molar-refractivity contribution in [2.24, 2.45) is 0 Å². The topological polar surface area (TPSA) is 101 Å². The molecule has 0 aromatic rings. The summed E-state index contributed by atoms with van der Waals surface area (Å²) in [5.41, 5.74) is 1.61. The first-order chi connectivity index (χ1) is 19.3. The van der Waals surface area contributed by atoms with Crippen molar-refractivity contribution in [1.29, 1.82) is 0 Å². The Morgan fingerprint density at radius 2 is 1.20 bits per heavy atom. The number of Topliss-reactive ketones (excluding diaryl/α,β-unsaturated/α-hetero) is 2. The van der Waals surface area contributed by atoms with Crippen molar-refractivity contribution >= 4 is 23.0 Å². The number of rotatable bonds is 13. The molecule has 3 rings (SSSR count). The van der Waals surface area contributed by atoms with Crippen LogP contribution in [-0.4, -0.2) is 73.6 Å². The highest BCUT2D eigenvalue weighted by molar-refractivity contribution is 6.54. The summed E-state index contributed by atoms with van der Waals surface area (Å²) in [5.74, 6) is -2.59. The number of hydrogen-bond donors (Lipinski definition) is 3. The van der Waals surface area contributed by atoms with E-state index < -0.39 is 17.3 Å². The van der Waals surface area contributed by atoms with E-state index in [0.717, 1.165) is 89.0 Å². The normalized spacial score (nSPS) is 19.4. The minimum atomic E-state index is -0.889. The molecule has 3 aliphatic rings. The first-order valence-corrected chi connectivity index (χ1v) is 15.0. The van der Waals surface area contributed by atoms with Crippen LogP contribution in [0.1, 0.15) is 85.5 Å². The van der Waals surface area contributed by atoms with Gasteiger partial charge in [-0.15, -0.1) is 0 Å². The van der Waals surface area contributed by atoms with Gasteiger partial charge >= 0.3 is 0 Å². The van der Waals surface area contributed by atoms with Crippen LogP contribution in [0.4, 0.5) is 0 Å². The fraction of sp³-hybridized carbons (Fsp3) is 0.515. The van der Waals surface area contributed by atoms with E-state index in [9.17, 15) is 24.9 Å². The predicted molar refractivity (Wildman–Crippen MR) is 160 cm³/mol. The lowest BCUT2D eigenvalue weighted by Crippen LogP contribution is -2.25. The van der Waals surface area contributed by atoms with E-state index in [-0.39, 0.29) is 33.8 Å². The van der Waals surface area contributed by atoms with Gasteiger partial charge in [0.1, 0.15) is 43.5 Å². The van der Waals surface area contributed by atoms with Gasteiger partial charge in [0.15, 0.2) is 5.71 Å². The largest absolute Gasteiger partial charge is 0.507 e. The maximum absolute atomic E-state index is 13.1. The van der Waals surface area contributed by atoms with Crippen LogP contribution in [0.15, 0.2) is 70.0 Å². The summed E-state index contributed by atoms with van der Waals surface area (Å²) >= 11 is 0. The molecule has 3 aliphatic carbocycles. The third kappa shape index (κ3) is 6.98. The summed E-state index contributed by atoms with van der Waals surface area (Å²) in [6.07, 6.45) is 17.2. The summed E-state index contributed by atoms with van der Waals surface area (Å²) in [5, 5.41) is 33.0. The molecule has 40 heavy (non-hydrogen) atoms. The lowest BCUT2D eigenvalue weighted by Gasteiger charge is -2.14. The third-order valence-electron chi connectivity index (χ3n) is 7.65. The van der Waals surface area contributed by atoms with Gasteiger partial charge in [0.25, 0.3) is 0 Å². The summed E-state index contributed by atoms with van der Waals surface area (Å²) < 4.78 is 4.46. The average Bonchev–Trinajstić information content (AvgIpc) is 3.16. The SMILES string of the molecule is CCCC[N+](CCCC)=C1C=CC(=C2C(=O)C(=O)C(C3=CCC(=[N+](CCCC)CCCC)C=C3O)=C2O)C(O)=C1. The minimum Gasteiger partial charge on any atom is -0.507 e. The molecule has 0 heterocycles. The first kappa shape index (κ1) is 31.1. The van der Waals surface area contributed by atoms with Crippen molar-refractivity contribution in [2.45, 2.75) is 85.5 Å². The number of ketones is 2. The second-order valence-electron chi connectivity index (χ2n) is 10.7. The molecule has 216 valence electrons. The molecule has 0 unspecified atom stereocenters. The zero-order valence-electron chi connectivity index (χ0n) is 24.6. The molecule has 0 atom stereocenters. The van der Waals surface area contributed by atoms with Gasteiger partial charge in [-0.25, -0.2) is 9.15 Å². The highest BCUT2D eigenvalue weighted by Gasteiger charge is 2.42. The molecular weight excluding hydrogens is 504 g/mol. The van der Waals surface area contributed by atoms with E-state index in [1.807, 2.05) is 6.08 Å². The zero-order chi connectivity index (χ0) is 29.2. The van der Waals surface area contributed by atoms with Crippen LogP contribution in [0.2, 0.25) is 0 Å². The minimum absolute atomic E-state index is 0.109. The van der Waals surface area contributed by atoms with Crippen molar-refractivity contribution in [3.8, 4) is 0 Å².